The number of para-hydroxylation sites is 1. The molecule has 0 spiro atoms. The number of benzene rings is 2. The molecule has 102 valence electrons. The molecule has 21 heavy (non-hydrogen) atoms. The molecule has 0 aliphatic heterocycles. The standard InChI is InChI=1S/C16H10ClN3O/c17-10-5-3-4-9(8-10)14-15-13(16(21)20-19-15)11-6-1-2-7-12(11)18-14/h1-8H,(H2,19,20,21). The van der Waals surface area contributed by atoms with Crippen LogP contribution in [0, 0.1) is 0 Å². The molecule has 2 aromatic carbocycles. The van der Waals surface area contributed by atoms with Crippen molar-refractivity contribution in [3.05, 3.63) is 63.9 Å². The molecule has 0 fully saturated rings. The average Bonchev–Trinajstić information content (AvgIpc) is 2.89. The third-order valence-corrected chi connectivity index (χ3v) is 3.75. The van der Waals surface area contributed by atoms with E-state index in [1.807, 2.05) is 48.5 Å². The van der Waals surface area contributed by atoms with Gasteiger partial charge < -0.3 is 0 Å². The van der Waals surface area contributed by atoms with Crippen LogP contribution in [0.25, 0.3) is 33.1 Å². The lowest BCUT2D eigenvalue weighted by molar-refractivity contribution is 1.08. The second-order valence-electron chi connectivity index (χ2n) is 4.82. The molecule has 0 unspecified atom stereocenters. The quantitative estimate of drug-likeness (QED) is 0.562. The molecule has 4 rings (SSSR count). The van der Waals surface area contributed by atoms with Crippen molar-refractivity contribution in [1.29, 1.82) is 0 Å². The Balaban J connectivity index is 2.20. The lowest BCUT2D eigenvalue weighted by Crippen LogP contribution is -1.99. The van der Waals surface area contributed by atoms with Crippen molar-refractivity contribution in [3.8, 4) is 11.3 Å². The molecule has 0 aliphatic carbocycles. The minimum absolute atomic E-state index is 0.146. The van der Waals surface area contributed by atoms with Crippen LogP contribution in [-0.2, 0) is 0 Å². The summed E-state index contributed by atoms with van der Waals surface area (Å²) < 4.78 is 0. The molecule has 5 heteroatoms. The molecule has 2 heterocycles. The number of hydrogen-bond acceptors (Lipinski definition) is 2. The molecule has 0 saturated heterocycles. The summed E-state index contributed by atoms with van der Waals surface area (Å²) in [5, 5.41) is 7.65. The van der Waals surface area contributed by atoms with Crippen molar-refractivity contribution in [2.45, 2.75) is 0 Å². The maximum Gasteiger partial charge on any atom is 0.272 e. The van der Waals surface area contributed by atoms with Gasteiger partial charge in [0.05, 0.1) is 22.1 Å². The molecule has 2 aromatic heterocycles. The van der Waals surface area contributed by atoms with Crippen molar-refractivity contribution >= 4 is 33.4 Å². The molecule has 0 aliphatic rings. The summed E-state index contributed by atoms with van der Waals surface area (Å²) in [6.45, 7) is 0. The maximum absolute atomic E-state index is 12.1. The summed E-state index contributed by atoms with van der Waals surface area (Å²) in [7, 11) is 0. The van der Waals surface area contributed by atoms with Crippen LogP contribution in [-0.4, -0.2) is 15.2 Å². The van der Waals surface area contributed by atoms with E-state index in [0.29, 0.717) is 21.6 Å². The highest BCUT2D eigenvalue weighted by Crippen LogP contribution is 2.30. The van der Waals surface area contributed by atoms with Crippen LogP contribution in [0.15, 0.2) is 53.3 Å². The number of halogens is 1. The van der Waals surface area contributed by atoms with Gasteiger partial charge in [0, 0.05) is 16.0 Å². The first-order chi connectivity index (χ1) is 10.2. The number of pyridine rings is 1. The lowest BCUT2D eigenvalue weighted by atomic mass is 10.1. The number of fused-ring (bicyclic) bond motifs is 3. The van der Waals surface area contributed by atoms with Gasteiger partial charge in [0.25, 0.3) is 5.56 Å². The van der Waals surface area contributed by atoms with E-state index < -0.39 is 0 Å². The second-order valence-corrected chi connectivity index (χ2v) is 5.25. The lowest BCUT2D eigenvalue weighted by Gasteiger charge is -2.06. The Bertz CT molecular complexity index is 1030. The molecule has 4 aromatic rings. The maximum atomic E-state index is 12.1. The molecular weight excluding hydrogens is 286 g/mol. The smallest absolute Gasteiger partial charge is 0.272 e. The largest absolute Gasteiger partial charge is 0.295 e. The van der Waals surface area contributed by atoms with E-state index in [4.69, 9.17) is 11.6 Å². The summed E-state index contributed by atoms with van der Waals surface area (Å²) in [5.41, 5.74) is 2.91. The van der Waals surface area contributed by atoms with Crippen molar-refractivity contribution in [3.63, 3.8) is 0 Å². The molecule has 0 radical (unpaired) electrons. The fraction of sp³-hybridized carbons (Fsp3) is 0. The number of hydrogen-bond donors (Lipinski definition) is 2. The first-order valence-electron chi connectivity index (χ1n) is 6.49. The minimum Gasteiger partial charge on any atom is -0.295 e. The minimum atomic E-state index is -0.146. The predicted molar refractivity (Wildman–Crippen MR) is 84.7 cm³/mol. The number of nitrogens with zero attached hydrogens (tertiary/aromatic N) is 1. The Hall–Kier alpha value is -2.59. The fourth-order valence-electron chi connectivity index (χ4n) is 2.60. The highest BCUT2D eigenvalue weighted by Gasteiger charge is 2.14. The average molecular weight is 296 g/mol. The van der Waals surface area contributed by atoms with Crippen molar-refractivity contribution in [1.82, 2.24) is 15.2 Å². The Morgan fingerprint density at radius 3 is 2.71 bits per heavy atom. The molecule has 2 N–H and O–H groups in total. The second kappa shape index (κ2) is 4.46. The summed E-state index contributed by atoms with van der Waals surface area (Å²) in [5.74, 6) is 0. The summed E-state index contributed by atoms with van der Waals surface area (Å²) >= 11 is 6.06. The third kappa shape index (κ3) is 1.84. The molecule has 0 amide bonds. The van der Waals surface area contributed by atoms with E-state index in [2.05, 4.69) is 15.2 Å². The Morgan fingerprint density at radius 1 is 1.00 bits per heavy atom. The summed E-state index contributed by atoms with van der Waals surface area (Å²) in [6, 6.07) is 15.0. The van der Waals surface area contributed by atoms with Crippen LogP contribution >= 0.6 is 11.6 Å². The van der Waals surface area contributed by atoms with Crippen LogP contribution in [0.3, 0.4) is 0 Å². The fourth-order valence-corrected chi connectivity index (χ4v) is 2.79. The van der Waals surface area contributed by atoms with Gasteiger partial charge in [0.2, 0.25) is 0 Å². The Labute approximate surface area is 124 Å². The van der Waals surface area contributed by atoms with Crippen LogP contribution in [0.1, 0.15) is 0 Å². The van der Waals surface area contributed by atoms with Gasteiger partial charge in [0.1, 0.15) is 0 Å². The third-order valence-electron chi connectivity index (χ3n) is 3.52. The van der Waals surface area contributed by atoms with Gasteiger partial charge in [0.15, 0.2) is 0 Å². The first-order valence-corrected chi connectivity index (χ1v) is 6.87. The van der Waals surface area contributed by atoms with Gasteiger partial charge in [-0.05, 0) is 18.2 Å². The summed E-state index contributed by atoms with van der Waals surface area (Å²) in [4.78, 5) is 16.8. The number of rotatable bonds is 1. The van der Waals surface area contributed by atoms with Gasteiger partial charge >= 0.3 is 0 Å². The zero-order chi connectivity index (χ0) is 14.4. The predicted octanol–water partition coefficient (Wildman–Crippen LogP) is 3.72. The topological polar surface area (TPSA) is 61.5 Å². The first kappa shape index (κ1) is 12.2. The van der Waals surface area contributed by atoms with Crippen molar-refractivity contribution < 1.29 is 0 Å². The van der Waals surface area contributed by atoms with Gasteiger partial charge in [-0.25, -0.2) is 4.98 Å². The van der Waals surface area contributed by atoms with Crippen molar-refractivity contribution in [2.24, 2.45) is 0 Å². The van der Waals surface area contributed by atoms with Gasteiger partial charge in [-0.1, -0.05) is 41.9 Å². The zero-order valence-electron chi connectivity index (χ0n) is 10.9. The number of H-pyrrole nitrogens is 2. The van der Waals surface area contributed by atoms with Crippen LogP contribution < -0.4 is 5.56 Å². The van der Waals surface area contributed by atoms with E-state index in [1.54, 1.807) is 0 Å². The molecule has 0 atom stereocenters. The molecule has 0 bridgehead atoms. The number of aromatic amines is 2. The molecular formula is C16H10ClN3O. The summed E-state index contributed by atoms with van der Waals surface area (Å²) in [6.07, 6.45) is 0. The SMILES string of the molecule is O=c1[nH][nH]c2c(-c3cccc(Cl)c3)nc3ccccc3c12. The van der Waals surface area contributed by atoms with Gasteiger partial charge in [-0.15, -0.1) is 0 Å². The van der Waals surface area contributed by atoms with Crippen LogP contribution in [0.4, 0.5) is 0 Å². The Kier molecular flexibility index (Phi) is 2.59. The van der Waals surface area contributed by atoms with Gasteiger partial charge in [-0.3, -0.25) is 15.0 Å². The van der Waals surface area contributed by atoms with E-state index in [1.165, 1.54) is 0 Å². The van der Waals surface area contributed by atoms with Crippen LogP contribution in [0.5, 0.6) is 0 Å². The number of aromatic nitrogens is 3. The zero-order valence-corrected chi connectivity index (χ0v) is 11.6. The normalized spacial score (nSPS) is 11.3. The molecule has 0 saturated carbocycles. The Morgan fingerprint density at radius 2 is 1.86 bits per heavy atom. The monoisotopic (exact) mass is 295 g/mol. The van der Waals surface area contributed by atoms with E-state index in [0.717, 1.165) is 16.5 Å². The highest BCUT2D eigenvalue weighted by molar-refractivity contribution is 6.30. The highest BCUT2D eigenvalue weighted by atomic mass is 35.5. The van der Waals surface area contributed by atoms with Crippen molar-refractivity contribution in [2.75, 3.05) is 0 Å². The van der Waals surface area contributed by atoms with Crippen LogP contribution in [0.2, 0.25) is 5.02 Å². The van der Waals surface area contributed by atoms with E-state index in [-0.39, 0.29) is 5.56 Å². The molecule has 4 nitrogen and oxygen atoms in total. The van der Waals surface area contributed by atoms with E-state index in [9.17, 15) is 4.79 Å². The number of nitrogens with one attached hydrogen (secondary N) is 2. The van der Waals surface area contributed by atoms with E-state index >= 15 is 0 Å². The van der Waals surface area contributed by atoms with Gasteiger partial charge in [-0.2, -0.15) is 0 Å².